The van der Waals surface area contributed by atoms with E-state index in [2.05, 4.69) is 19.9 Å². The molecular weight excluding hydrogens is 494 g/mol. The van der Waals surface area contributed by atoms with Crippen molar-refractivity contribution >= 4 is 46.7 Å². The lowest BCUT2D eigenvalue weighted by Crippen LogP contribution is -2.60. The molecule has 3 saturated carbocycles. The van der Waals surface area contributed by atoms with E-state index >= 15 is 0 Å². The molecule has 2 aromatic rings. The molecule has 4 aliphatic carbocycles. The monoisotopic (exact) mass is 525 g/mol. The van der Waals surface area contributed by atoms with E-state index in [0.717, 1.165) is 18.4 Å². The van der Waals surface area contributed by atoms with Gasteiger partial charge in [-0.3, -0.25) is 14.4 Å². The molecule has 3 fully saturated rings. The predicted octanol–water partition coefficient (Wildman–Crippen LogP) is 2.36. The maximum absolute atomic E-state index is 13.3. The number of ketones is 3. The maximum Gasteiger partial charge on any atom is 0.200 e. The Labute approximate surface area is 218 Å². The number of aliphatic hydroxyl groups is 2. The SMILES string of the molecule is C[C@]12C=CC(=O)C=C1CC[C@@H]1[C@@H]2C(=O)C[C@@]2(C)[C@H]1CC[C@]2(O)C(=O)CO.Nc1nc(=S)c2[nH]cnc2[nH]1. The first kappa shape index (κ1) is 25.6. The first-order chi connectivity index (χ1) is 17.4. The molecule has 2 aromatic heterocycles. The Morgan fingerprint density at radius 3 is 2.78 bits per heavy atom. The number of H-pyrrole nitrogens is 2. The van der Waals surface area contributed by atoms with Gasteiger partial charge in [-0.1, -0.05) is 37.7 Å². The van der Waals surface area contributed by atoms with Gasteiger partial charge in [0.1, 0.15) is 23.5 Å². The summed E-state index contributed by atoms with van der Waals surface area (Å²) >= 11 is 4.91. The molecule has 0 unspecified atom stereocenters. The van der Waals surface area contributed by atoms with Crippen LogP contribution in [0, 0.1) is 33.2 Å². The number of carbonyl (C=O) groups is 3. The zero-order chi connectivity index (χ0) is 26.8. The van der Waals surface area contributed by atoms with Crippen LogP contribution in [0.1, 0.15) is 46.0 Å². The minimum Gasteiger partial charge on any atom is -0.388 e. The van der Waals surface area contributed by atoms with Gasteiger partial charge in [-0.25, -0.2) is 9.97 Å². The van der Waals surface area contributed by atoms with E-state index in [1.165, 1.54) is 6.33 Å². The summed E-state index contributed by atoms with van der Waals surface area (Å²) < 4.78 is 0.439. The average Bonchev–Trinajstić information content (AvgIpc) is 3.42. The number of hydrogen-bond donors (Lipinski definition) is 5. The van der Waals surface area contributed by atoms with E-state index in [-0.39, 0.29) is 41.7 Å². The summed E-state index contributed by atoms with van der Waals surface area (Å²) in [6.45, 7) is 3.19. The Morgan fingerprint density at radius 1 is 1.30 bits per heavy atom. The molecule has 0 spiro atoms. The molecule has 11 heteroatoms. The molecule has 4 aliphatic rings. The molecule has 37 heavy (non-hydrogen) atoms. The number of imidazole rings is 1. The third-order valence-corrected chi connectivity index (χ3v) is 9.63. The largest absolute Gasteiger partial charge is 0.388 e. The van der Waals surface area contributed by atoms with Crippen molar-refractivity contribution in [1.82, 2.24) is 19.9 Å². The molecule has 0 aliphatic heterocycles. The van der Waals surface area contributed by atoms with E-state index in [1.807, 2.05) is 19.9 Å². The molecule has 10 nitrogen and oxygen atoms in total. The minimum absolute atomic E-state index is 0.0206. The quantitative estimate of drug-likeness (QED) is 0.369. The number of nitrogens with one attached hydrogen (secondary N) is 2. The summed E-state index contributed by atoms with van der Waals surface area (Å²) in [4.78, 5) is 50.8. The van der Waals surface area contributed by atoms with Crippen molar-refractivity contribution < 1.29 is 24.6 Å². The Morgan fingerprint density at radius 2 is 2.05 bits per heavy atom. The first-order valence-corrected chi connectivity index (χ1v) is 12.9. The third kappa shape index (κ3) is 3.74. The Bertz CT molecular complexity index is 1430. The number of anilines is 1. The van der Waals surface area contributed by atoms with Crippen LogP contribution in [0.5, 0.6) is 0 Å². The molecule has 196 valence electrons. The molecule has 0 radical (unpaired) electrons. The van der Waals surface area contributed by atoms with Crippen LogP contribution in [0.15, 0.2) is 30.1 Å². The van der Waals surface area contributed by atoms with Crippen molar-refractivity contribution in [2.24, 2.45) is 28.6 Å². The molecule has 0 aromatic carbocycles. The second-order valence-corrected chi connectivity index (χ2v) is 11.5. The van der Waals surface area contributed by atoms with Crippen LogP contribution in [0.3, 0.4) is 0 Å². The molecule has 0 amide bonds. The molecular formula is C26H31N5O5S. The van der Waals surface area contributed by atoms with Crippen molar-refractivity contribution in [2.75, 3.05) is 12.3 Å². The average molecular weight is 526 g/mol. The van der Waals surface area contributed by atoms with E-state index in [9.17, 15) is 24.6 Å². The lowest BCUT2D eigenvalue weighted by Gasteiger charge is -2.56. The van der Waals surface area contributed by atoms with Gasteiger partial charge in [0.25, 0.3) is 0 Å². The topological polar surface area (TPSA) is 175 Å². The highest BCUT2D eigenvalue weighted by molar-refractivity contribution is 7.71. The smallest absolute Gasteiger partial charge is 0.200 e. The lowest BCUT2D eigenvalue weighted by molar-refractivity contribution is -0.168. The maximum atomic E-state index is 13.3. The summed E-state index contributed by atoms with van der Waals surface area (Å²) in [5, 5.41) is 20.5. The number of allylic oxidation sites excluding steroid dienone is 4. The number of aliphatic hydroxyl groups excluding tert-OH is 1. The van der Waals surface area contributed by atoms with Crippen molar-refractivity contribution in [3.05, 3.63) is 34.8 Å². The molecule has 0 saturated heterocycles. The van der Waals surface area contributed by atoms with Gasteiger partial charge in [-0.05, 0) is 49.7 Å². The van der Waals surface area contributed by atoms with E-state index < -0.39 is 28.8 Å². The molecule has 6 rings (SSSR count). The lowest BCUT2D eigenvalue weighted by atomic mass is 9.46. The minimum atomic E-state index is -1.62. The van der Waals surface area contributed by atoms with Crippen molar-refractivity contribution in [1.29, 1.82) is 0 Å². The van der Waals surface area contributed by atoms with Gasteiger partial charge in [-0.15, -0.1) is 0 Å². The Kier molecular flexibility index (Phi) is 6.08. The Balaban J connectivity index is 0.000000212. The highest BCUT2D eigenvalue weighted by Gasteiger charge is 2.68. The fourth-order valence-electron chi connectivity index (χ4n) is 7.49. The van der Waals surface area contributed by atoms with Gasteiger partial charge in [-0.2, -0.15) is 0 Å². The zero-order valence-electron chi connectivity index (χ0n) is 20.8. The van der Waals surface area contributed by atoms with Crippen LogP contribution in [-0.2, 0) is 14.4 Å². The van der Waals surface area contributed by atoms with Gasteiger partial charge in [0.05, 0.1) is 6.33 Å². The van der Waals surface area contributed by atoms with Crippen LogP contribution in [-0.4, -0.2) is 59.7 Å². The highest BCUT2D eigenvalue weighted by Crippen LogP contribution is 2.66. The first-order valence-electron chi connectivity index (χ1n) is 12.5. The van der Waals surface area contributed by atoms with Crippen LogP contribution in [0.2, 0.25) is 0 Å². The van der Waals surface area contributed by atoms with Crippen LogP contribution in [0.25, 0.3) is 11.2 Å². The fourth-order valence-corrected chi connectivity index (χ4v) is 7.74. The second kappa shape index (κ2) is 8.78. The third-order valence-electron chi connectivity index (χ3n) is 9.34. The van der Waals surface area contributed by atoms with E-state index in [1.54, 1.807) is 12.2 Å². The van der Waals surface area contributed by atoms with Crippen LogP contribution < -0.4 is 5.73 Å². The van der Waals surface area contributed by atoms with Gasteiger partial charge in [0, 0.05) is 23.2 Å². The summed E-state index contributed by atoms with van der Waals surface area (Å²) in [5.74, 6) is -0.304. The number of rotatable bonds is 2. The number of nitrogen functional groups attached to an aromatic ring is 1. The van der Waals surface area contributed by atoms with Gasteiger partial charge < -0.3 is 25.9 Å². The normalized spacial score (nSPS) is 36.2. The number of hydrogen-bond acceptors (Lipinski definition) is 9. The summed E-state index contributed by atoms with van der Waals surface area (Å²) in [6, 6.07) is 0. The van der Waals surface area contributed by atoms with E-state index in [4.69, 9.17) is 18.0 Å². The number of fused-ring (bicyclic) bond motifs is 6. The summed E-state index contributed by atoms with van der Waals surface area (Å²) in [5.41, 5.74) is 4.89. The second-order valence-electron chi connectivity index (χ2n) is 11.1. The number of nitrogens with zero attached hydrogens (tertiary/aromatic N) is 2. The fraction of sp³-hybridized carbons (Fsp3) is 0.538. The number of nitrogens with two attached hydrogens (primary N) is 1. The molecule has 6 atom stereocenters. The molecule has 2 heterocycles. The Hall–Kier alpha value is -3.02. The molecule has 0 bridgehead atoms. The molecule has 6 N–H and O–H groups in total. The van der Waals surface area contributed by atoms with Gasteiger partial charge in [0.2, 0.25) is 5.95 Å². The number of aromatic nitrogens is 4. The zero-order valence-corrected chi connectivity index (χ0v) is 21.6. The number of aromatic amines is 2. The summed E-state index contributed by atoms with van der Waals surface area (Å²) in [6.07, 6.45) is 9.36. The standard InChI is InChI=1S/C21H26O5.C5H5N5S/c1-19-7-5-13(23)9-12(19)3-4-14-15-6-8-21(26,17(25)11-22)20(15,2)10-16(24)18(14)19;6-5-9-3-2(4(11)10-5)7-1-8-3/h5,7,9,14-15,18,22,26H,3-4,6,8,10-11H2,1-2H3;1H,(H4,6,7,8,9,10,11)/t14-,15-,18+,19-,20-,21-;/m0./s1. The van der Waals surface area contributed by atoms with Crippen LogP contribution >= 0.6 is 12.2 Å². The van der Waals surface area contributed by atoms with Crippen LogP contribution in [0.4, 0.5) is 5.95 Å². The van der Waals surface area contributed by atoms with Crippen molar-refractivity contribution in [3.8, 4) is 0 Å². The van der Waals surface area contributed by atoms with Crippen molar-refractivity contribution in [2.45, 2.75) is 51.6 Å². The van der Waals surface area contributed by atoms with E-state index in [0.29, 0.717) is 28.6 Å². The highest BCUT2D eigenvalue weighted by atomic mass is 32.1. The van der Waals surface area contributed by atoms with Gasteiger partial charge in [0.15, 0.2) is 21.9 Å². The van der Waals surface area contributed by atoms with Gasteiger partial charge >= 0.3 is 0 Å². The van der Waals surface area contributed by atoms with Crippen molar-refractivity contribution in [3.63, 3.8) is 0 Å². The number of Topliss-reactive ketones (excluding diaryl/α,β-unsaturated/α-hetero) is 2. The predicted molar refractivity (Wildman–Crippen MR) is 138 cm³/mol. The number of carbonyl (C=O) groups excluding carboxylic acids is 3. The summed E-state index contributed by atoms with van der Waals surface area (Å²) in [7, 11) is 0.